The Labute approximate surface area is 187 Å². The van der Waals surface area contributed by atoms with Crippen molar-refractivity contribution >= 4 is 28.4 Å². The maximum atomic E-state index is 12.6. The highest BCUT2D eigenvalue weighted by Crippen LogP contribution is 2.32. The molecule has 0 atom stereocenters. The van der Waals surface area contributed by atoms with Crippen LogP contribution in [0.3, 0.4) is 0 Å². The number of amidine groups is 1. The summed E-state index contributed by atoms with van der Waals surface area (Å²) in [6, 6.07) is 14.3. The lowest BCUT2D eigenvalue weighted by atomic mass is 9.99. The molecule has 1 aromatic heterocycles. The van der Waals surface area contributed by atoms with Gasteiger partial charge in [0.05, 0.1) is 18.9 Å². The van der Waals surface area contributed by atoms with E-state index in [0.717, 1.165) is 66.0 Å². The smallest absolute Gasteiger partial charge is 0.258 e. The van der Waals surface area contributed by atoms with Crippen LogP contribution in [0.4, 0.5) is 5.69 Å². The number of benzene rings is 2. The number of aromatic nitrogens is 1. The molecule has 2 aliphatic heterocycles. The highest BCUT2D eigenvalue weighted by molar-refractivity contribution is 5.92. The van der Waals surface area contributed by atoms with Crippen molar-refractivity contribution in [3.05, 3.63) is 70.2 Å². The predicted molar refractivity (Wildman–Crippen MR) is 130 cm³/mol. The number of fused-ring (bicyclic) bond motifs is 2. The normalized spacial score (nSPS) is 16.9. The monoisotopic (exact) mass is 428 g/mol. The van der Waals surface area contributed by atoms with Crippen molar-refractivity contribution in [1.82, 2.24) is 9.47 Å². The minimum Gasteiger partial charge on any atom is -0.387 e. The zero-order valence-electron chi connectivity index (χ0n) is 18.4. The van der Waals surface area contributed by atoms with E-state index in [4.69, 9.17) is 15.5 Å². The van der Waals surface area contributed by atoms with Crippen molar-refractivity contribution < 1.29 is 4.74 Å². The first kappa shape index (κ1) is 20.7. The Kier molecular flexibility index (Phi) is 5.64. The summed E-state index contributed by atoms with van der Waals surface area (Å²) in [5, 5.41) is 1.69. The first-order chi connectivity index (χ1) is 15.6. The van der Waals surface area contributed by atoms with Gasteiger partial charge in [-0.3, -0.25) is 9.69 Å². The second-order valence-corrected chi connectivity index (χ2v) is 8.45. The Bertz CT molecular complexity index is 1280. The number of rotatable bonds is 4. The molecule has 0 bridgehead atoms. The summed E-state index contributed by atoms with van der Waals surface area (Å²) in [4.78, 5) is 19.7. The van der Waals surface area contributed by atoms with Crippen molar-refractivity contribution in [3.8, 4) is 11.1 Å². The van der Waals surface area contributed by atoms with E-state index in [0.29, 0.717) is 18.8 Å². The number of hydrogen-bond acceptors (Lipinski definition) is 5. The Morgan fingerprint density at radius 3 is 2.66 bits per heavy atom. The van der Waals surface area contributed by atoms with Gasteiger partial charge in [0.25, 0.3) is 5.56 Å². The van der Waals surface area contributed by atoms with Crippen LogP contribution in [-0.2, 0) is 11.3 Å². The van der Waals surface area contributed by atoms with Gasteiger partial charge in [-0.2, -0.15) is 0 Å². The lowest BCUT2D eigenvalue weighted by molar-refractivity contribution is 0.0422. The molecule has 2 aromatic carbocycles. The molecule has 6 heteroatoms. The topological polar surface area (TPSA) is 72.8 Å². The maximum Gasteiger partial charge on any atom is 0.258 e. The molecular formula is C26H28N4O2. The van der Waals surface area contributed by atoms with Gasteiger partial charge >= 0.3 is 0 Å². The van der Waals surface area contributed by atoms with Crippen LogP contribution in [0.25, 0.3) is 28.0 Å². The van der Waals surface area contributed by atoms with E-state index in [-0.39, 0.29) is 5.56 Å². The second-order valence-electron chi connectivity index (χ2n) is 8.45. The van der Waals surface area contributed by atoms with Gasteiger partial charge in [-0.05, 0) is 53.3 Å². The third-order valence-electron chi connectivity index (χ3n) is 6.24. The zero-order valence-corrected chi connectivity index (χ0v) is 18.4. The SMILES string of the molecule is CCn1ccc2cc(-c3ccc4c(c3)N=C(N)CC(CN3CCOCC3)=C4)ccc2c1=O. The van der Waals surface area contributed by atoms with Crippen molar-refractivity contribution in [3.63, 3.8) is 0 Å². The molecule has 0 unspecified atom stereocenters. The fraction of sp³-hybridized carbons (Fsp3) is 0.308. The molecule has 0 amide bonds. The van der Waals surface area contributed by atoms with E-state index in [1.165, 1.54) is 5.57 Å². The van der Waals surface area contributed by atoms with Gasteiger partial charge in [0.1, 0.15) is 5.84 Å². The highest BCUT2D eigenvalue weighted by Gasteiger charge is 2.16. The molecule has 0 radical (unpaired) electrons. The minimum absolute atomic E-state index is 0.0498. The summed E-state index contributed by atoms with van der Waals surface area (Å²) in [5.41, 5.74) is 11.7. The largest absolute Gasteiger partial charge is 0.387 e. The quantitative estimate of drug-likeness (QED) is 0.686. The molecule has 1 saturated heterocycles. The molecular weight excluding hydrogens is 400 g/mol. The molecule has 0 saturated carbocycles. The Balaban J connectivity index is 1.48. The summed E-state index contributed by atoms with van der Waals surface area (Å²) in [6.45, 7) is 7.01. The van der Waals surface area contributed by atoms with Gasteiger partial charge in [0, 0.05) is 49.7 Å². The number of nitrogens with two attached hydrogens (primary N) is 1. The van der Waals surface area contributed by atoms with Crippen molar-refractivity contribution in [2.24, 2.45) is 10.7 Å². The van der Waals surface area contributed by atoms with Crippen molar-refractivity contribution in [2.45, 2.75) is 19.9 Å². The third kappa shape index (κ3) is 4.11. The third-order valence-corrected chi connectivity index (χ3v) is 6.24. The van der Waals surface area contributed by atoms with Crippen molar-refractivity contribution in [2.75, 3.05) is 32.8 Å². The number of pyridine rings is 1. The van der Waals surface area contributed by atoms with Crippen LogP contribution >= 0.6 is 0 Å². The molecule has 2 aliphatic rings. The van der Waals surface area contributed by atoms with E-state index in [1.807, 2.05) is 31.3 Å². The van der Waals surface area contributed by atoms with Gasteiger partial charge in [-0.25, -0.2) is 4.99 Å². The van der Waals surface area contributed by atoms with Gasteiger partial charge in [-0.15, -0.1) is 0 Å². The Morgan fingerprint density at radius 2 is 1.84 bits per heavy atom. The number of morpholine rings is 1. The lowest BCUT2D eigenvalue weighted by Gasteiger charge is -2.27. The summed E-state index contributed by atoms with van der Waals surface area (Å²) in [7, 11) is 0. The summed E-state index contributed by atoms with van der Waals surface area (Å²) >= 11 is 0. The molecule has 2 N–H and O–H groups in total. The average molecular weight is 429 g/mol. The number of aliphatic imine (C=N–C) groups is 1. The molecule has 32 heavy (non-hydrogen) atoms. The number of hydrogen-bond donors (Lipinski definition) is 1. The molecule has 6 nitrogen and oxygen atoms in total. The summed E-state index contributed by atoms with van der Waals surface area (Å²) in [6.07, 6.45) is 4.77. The van der Waals surface area contributed by atoms with Crippen LogP contribution in [0.1, 0.15) is 18.9 Å². The highest BCUT2D eigenvalue weighted by atomic mass is 16.5. The van der Waals surface area contributed by atoms with E-state index in [1.54, 1.807) is 4.57 Å². The second kappa shape index (κ2) is 8.73. The van der Waals surface area contributed by atoms with Gasteiger partial charge in [0.2, 0.25) is 0 Å². The van der Waals surface area contributed by atoms with E-state index in [9.17, 15) is 4.79 Å². The maximum absolute atomic E-state index is 12.6. The summed E-state index contributed by atoms with van der Waals surface area (Å²) < 4.78 is 7.19. The fourth-order valence-corrected chi connectivity index (χ4v) is 4.50. The Morgan fingerprint density at radius 1 is 1.06 bits per heavy atom. The van der Waals surface area contributed by atoms with Crippen LogP contribution in [0.15, 0.2) is 64.0 Å². The van der Waals surface area contributed by atoms with Gasteiger partial charge in [0.15, 0.2) is 0 Å². The van der Waals surface area contributed by atoms with Crippen LogP contribution in [0.5, 0.6) is 0 Å². The molecule has 164 valence electrons. The first-order valence-corrected chi connectivity index (χ1v) is 11.2. The molecule has 1 fully saturated rings. The van der Waals surface area contributed by atoms with Crippen molar-refractivity contribution in [1.29, 1.82) is 0 Å². The molecule has 0 aliphatic carbocycles. The van der Waals surface area contributed by atoms with Crippen LogP contribution in [-0.4, -0.2) is 48.2 Å². The van der Waals surface area contributed by atoms with Crippen LogP contribution in [0.2, 0.25) is 0 Å². The number of nitrogens with zero attached hydrogens (tertiary/aromatic N) is 3. The minimum atomic E-state index is 0.0498. The standard InChI is InChI=1S/C26H28N4O2/c1-2-30-8-7-21-15-19(5-6-23(21)26(30)31)20-3-4-22-13-18(14-25(27)28-24(22)16-20)17-29-9-11-32-12-10-29/h3-8,13,15-16H,2,9-12,14,17H2,1H3,(H2,27,28). The summed E-state index contributed by atoms with van der Waals surface area (Å²) in [5.74, 6) is 0.638. The first-order valence-electron chi connectivity index (χ1n) is 11.2. The molecule has 3 heterocycles. The van der Waals surface area contributed by atoms with Crippen LogP contribution in [0, 0.1) is 0 Å². The molecule has 0 spiro atoms. The molecule has 5 rings (SSSR count). The Hall–Kier alpha value is -3.22. The van der Waals surface area contributed by atoms with E-state index in [2.05, 4.69) is 35.2 Å². The van der Waals surface area contributed by atoms with Gasteiger partial charge < -0.3 is 15.0 Å². The number of aryl methyl sites for hydroxylation is 1. The van der Waals surface area contributed by atoms with E-state index < -0.39 is 0 Å². The lowest BCUT2D eigenvalue weighted by Crippen LogP contribution is -2.37. The van der Waals surface area contributed by atoms with Crippen LogP contribution < -0.4 is 11.3 Å². The predicted octanol–water partition coefficient (Wildman–Crippen LogP) is 3.80. The zero-order chi connectivity index (χ0) is 22.1. The van der Waals surface area contributed by atoms with E-state index >= 15 is 0 Å². The molecule has 3 aromatic rings. The number of ether oxygens (including phenoxy) is 1. The van der Waals surface area contributed by atoms with Gasteiger partial charge in [-0.1, -0.05) is 24.3 Å². The fourth-order valence-electron chi connectivity index (χ4n) is 4.50. The average Bonchev–Trinajstić information content (AvgIpc) is 2.96.